The summed E-state index contributed by atoms with van der Waals surface area (Å²) >= 11 is 0. The van der Waals surface area contributed by atoms with E-state index in [9.17, 15) is 4.79 Å². The molecule has 1 aliphatic rings. The summed E-state index contributed by atoms with van der Waals surface area (Å²) in [6.45, 7) is 4.69. The third-order valence-corrected chi connectivity index (χ3v) is 4.75. The van der Waals surface area contributed by atoms with Gasteiger partial charge in [-0.25, -0.2) is 9.97 Å². The fourth-order valence-corrected chi connectivity index (χ4v) is 3.44. The van der Waals surface area contributed by atoms with Gasteiger partial charge in [-0.2, -0.15) is 0 Å². The van der Waals surface area contributed by atoms with Crippen LogP contribution < -0.4 is 15.0 Å². The second kappa shape index (κ2) is 7.68. The summed E-state index contributed by atoms with van der Waals surface area (Å²) in [4.78, 5) is 23.5. The molecule has 142 valence electrons. The second-order valence-corrected chi connectivity index (χ2v) is 6.74. The number of hydrogen-bond acceptors (Lipinski definition) is 5. The van der Waals surface area contributed by atoms with Crippen LogP contribution in [0, 0.1) is 0 Å². The van der Waals surface area contributed by atoms with Crippen molar-refractivity contribution in [3.8, 4) is 5.75 Å². The van der Waals surface area contributed by atoms with Gasteiger partial charge in [-0.05, 0) is 56.2 Å². The maximum atomic E-state index is 12.5. The maximum Gasteiger partial charge on any atom is 0.258 e. The standard InChI is InChI=1S/C22H22N4O2/c1-3-28-19-10-8-18(9-11-19)25-21(27)17-13-23-22(24-14-17)26-15(2)12-16-6-4-5-7-20(16)26/h4-11,13-15H,3,12H2,1-2H3,(H,25,27). The topological polar surface area (TPSA) is 67.3 Å². The molecule has 0 fully saturated rings. The van der Waals surface area contributed by atoms with Gasteiger partial charge in [0.2, 0.25) is 5.95 Å². The highest BCUT2D eigenvalue weighted by Gasteiger charge is 2.28. The summed E-state index contributed by atoms with van der Waals surface area (Å²) in [5, 5.41) is 2.85. The van der Waals surface area contributed by atoms with Gasteiger partial charge in [0.15, 0.2) is 0 Å². The molecule has 6 heteroatoms. The second-order valence-electron chi connectivity index (χ2n) is 6.74. The van der Waals surface area contributed by atoms with Crippen molar-refractivity contribution in [2.24, 2.45) is 0 Å². The number of benzene rings is 2. The molecule has 2 aromatic carbocycles. The Kier molecular flexibility index (Phi) is 4.93. The smallest absolute Gasteiger partial charge is 0.258 e. The van der Waals surface area contributed by atoms with Crippen LogP contribution in [0.4, 0.5) is 17.3 Å². The van der Waals surface area contributed by atoms with Crippen molar-refractivity contribution >= 4 is 23.2 Å². The number of nitrogens with zero attached hydrogens (tertiary/aromatic N) is 3. The number of anilines is 3. The Bertz CT molecular complexity index is 971. The lowest BCUT2D eigenvalue weighted by Gasteiger charge is -2.22. The van der Waals surface area contributed by atoms with Crippen molar-refractivity contribution in [2.75, 3.05) is 16.8 Å². The molecule has 0 bridgehead atoms. The van der Waals surface area contributed by atoms with Crippen LogP contribution in [0.5, 0.6) is 5.75 Å². The van der Waals surface area contributed by atoms with Gasteiger partial charge in [0.25, 0.3) is 5.91 Å². The van der Waals surface area contributed by atoms with Gasteiger partial charge in [-0.15, -0.1) is 0 Å². The van der Waals surface area contributed by atoms with Crippen LogP contribution in [0.25, 0.3) is 0 Å². The van der Waals surface area contributed by atoms with E-state index < -0.39 is 0 Å². The van der Waals surface area contributed by atoms with Crippen LogP contribution in [-0.4, -0.2) is 28.5 Å². The highest BCUT2D eigenvalue weighted by molar-refractivity contribution is 6.03. The van der Waals surface area contributed by atoms with Crippen LogP contribution in [0.1, 0.15) is 29.8 Å². The number of aromatic nitrogens is 2. The molecule has 6 nitrogen and oxygen atoms in total. The van der Waals surface area contributed by atoms with E-state index in [-0.39, 0.29) is 11.9 Å². The van der Waals surface area contributed by atoms with E-state index in [1.807, 2.05) is 31.2 Å². The molecule has 3 aromatic rings. The SMILES string of the molecule is CCOc1ccc(NC(=O)c2cnc(N3c4ccccc4CC3C)nc2)cc1. The molecule has 1 unspecified atom stereocenters. The molecular formula is C22H22N4O2. The first-order valence-corrected chi connectivity index (χ1v) is 9.39. The highest BCUT2D eigenvalue weighted by Crippen LogP contribution is 2.36. The molecule has 1 atom stereocenters. The molecule has 1 aromatic heterocycles. The lowest BCUT2D eigenvalue weighted by atomic mass is 10.1. The minimum atomic E-state index is -0.245. The van der Waals surface area contributed by atoms with E-state index in [1.165, 1.54) is 5.56 Å². The van der Waals surface area contributed by atoms with Crippen LogP contribution >= 0.6 is 0 Å². The number of nitrogens with one attached hydrogen (secondary N) is 1. The van der Waals surface area contributed by atoms with Gasteiger partial charge in [-0.1, -0.05) is 18.2 Å². The number of rotatable bonds is 5. The van der Waals surface area contributed by atoms with E-state index in [1.54, 1.807) is 24.5 Å². The fraction of sp³-hybridized carbons (Fsp3) is 0.227. The number of hydrogen-bond donors (Lipinski definition) is 1. The number of carbonyl (C=O) groups is 1. The fourth-order valence-electron chi connectivity index (χ4n) is 3.44. The maximum absolute atomic E-state index is 12.5. The normalized spacial score (nSPS) is 15.2. The lowest BCUT2D eigenvalue weighted by Crippen LogP contribution is -2.26. The summed E-state index contributed by atoms with van der Waals surface area (Å²) in [7, 11) is 0. The van der Waals surface area contributed by atoms with Gasteiger partial charge in [0.1, 0.15) is 5.75 Å². The molecule has 0 aliphatic carbocycles. The third kappa shape index (κ3) is 3.53. The Morgan fingerprint density at radius 3 is 2.57 bits per heavy atom. The van der Waals surface area contributed by atoms with Crippen molar-refractivity contribution in [2.45, 2.75) is 26.3 Å². The quantitative estimate of drug-likeness (QED) is 0.725. The molecule has 1 N–H and O–H groups in total. The summed E-state index contributed by atoms with van der Waals surface area (Å²) in [5.41, 5.74) is 3.52. The Hall–Kier alpha value is -3.41. The molecule has 28 heavy (non-hydrogen) atoms. The number of fused-ring (bicyclic) bond motifs is 1. The Morgan fingerprint density at radius 1 is 1.14 bits per heavy atom. The molecule has 1 aliphatic heterocycles. The molecule has 0 radical (unpaired) electrons. The van der Waals surface area contributed by atoms with E-state index >= 15 is 0 Å². The first-order chi connectivity index (χ1) is 13.7. The Balaban J connectivity index is 1.48. The van der Waals surface area contributed by atoms with Crippen LogP contribution in [0.2, 0.25) is 0 Å². The van der Waals surface area contributed by atoms with Crippen molar-refractivity contribution < 1.29 is 9.53 Å². The number of para-hydroxylation sites is 1. The molecular weight excluding hydrogens is 352 g/mol. The van der Waals surface area contributed by atoms with Crippen molar-refractivity contribution in [1.29, 1.82) is 0 Å². The Morgan fingerprint density at radius 2 is 1.86 bits per heavy atom. The van der Waals surface area contributed by atoms with Gasteiger partial charge in [0.05, 0.1) is 12.2 Å². The van der Waals surface area contributed by atoms with E-state index in [0.29, 0.717) is 23.8 Å². The monoisotopic (exact) mass is 374 g/mol. The van der Waals surface area contributed by atoms with Gasteiger partial charge in [0, 0.05) is 29.8 Å². The average molecular weight is 374 g/mol. The molecule has 2 heterocycles. The summed E-state index contributed by atoms with van der Waals surface area (Å²) < 4.78 is 5.41. The predicted octanol–water partition coefficient (Wildman–Crippen LogP) is 4.21. The van der Waals surface area contributed by atoms with Gasteiger partial charge < -0.3 is 15.0 Å². The number of amides is 1. The molecule has 1 amide bonds. The first-order valence-electron chi connectivity index (χ1n) is 9.39. The molecule has 0 spiro atoms. The van der Waals surface area contributed by atoms with Crippen molar-refractivity contribution in [3.05, 3.63) is 72.1 Å². The van der Waals surface area contributed by atoms with Crippen LogP contribution in [0.15, 0.2) is 60.9 Å². The number of ether oxygens (including phenoxy) is 1. The van der Waals surface area contributed by atoms with Crippen LogP contribution in [0.3, 0.4) is 0 Å². The molecule has 4 rings (SSSR count). The highest BCUT2D eigenvalue weighted by atomic mass is 16.5. The van der Waals surface area contributed by atoms with Gasteiger partial charge >= 0.3 is 0 Å². The van der Waals surface area contributed by atoms with E-state index in [4.69, 9.17) is 4.74 Å². The van der Waals surface area contributed by atoms with Crippen molar-refractivity contribution in [3.63, 3.8) is 0 Å². The third-order valence-electron chi connectivity index (χ3n) is 4.75. The predicted molar refractivity (Wildman–Crippen MR) is 109 cm³/mol. The van der Waals surface area contributed by atoms with Crippen LogP contribution in [-0.2, 0) is 6.42 Å². The average Bonchev–Trinajstić information content (AvgIpc) is 3.05. The first kappa shape index (κ1) is 18.0. The van der Waals surface area contributed by atoms with E-state index in [2.05, 4.69) is 39.2 Å². The minimum absolute atomic E-state index is 0.245. The zero-order chi connectivity index (χ0) is 19.5. The van der Waals surface area contributed by atoms with E-state index in [0.717, 1.165) is 17.9 Å². The zero-order valence-electron chi connectivity index (χ0n) is 15.9. The van der Waals surface area contributed by atoms with Crippen molar-refractivity contribution in [1.82, 2.24) is 9.97 Å². The Labute approximate surface area is 164 Å². The van der Waals surface area contributed by atoms with Gasteiger partial charge in [-0.3, -0.25) is 4.79 Å². The largest absolute Gasteiger partial charge is 0.494 e. The summed E-state index contributed by atoms with van der Waals surface area (Å²) in [6, 6.07) is 15.8. The summed E-state index contributed by atoms with van der Waals surface area (Å²) in [6.07, 6.45) is 4.10. The lowest BCUT2D eigenvalue weighted by molar-refractivity contribution is 0.102. The molecule has 0 saturated heterocycles. The minimum Gasteiger partial charge on any atom is -0.494 e. The zero-order valence-corrected chi connectivity index (χ0v) is 15.9. The number of carbonyl (C=O) groups excluding carboxylic acids is 1. The summed E-state index contributed by atoms with van der Waals surface area (Å²) in [5.74, 6) is 1.13. The molecule has 0 saturated carbocycles.